The zero-order valence-electron chi connectivity index (χ0n) is 17.3. The number of hydrogen-bond donors (Lipinski definition) is 0. The second-order valence-electron chi connectivity index (χ2n) is 7.50. The van der Waals surface area contributed by atoms with E-state index in [0.717, 1.165) is 0 Å². The maximum atomic E-state index is 12.1. The molecule has 151 valence electrons. The molecule has 0 aromatic heterocycles. The van der Waals surface area contributed by atoms with Crippen LogP contribution in [-0.2, 0) is 47.1 Å². The molecule has 1 radical (unpaired) electrons. The molecule has 0 aliphatic heterocycles. The number of amides is 1. The van der Waals surface area contributed by atoms with E-state index in [2.05, 4.69) is 41.9 Å². The third-order valence-corrected chi connectivity index (χ3v) is 5.17. The van der Waals surface area contributed by atoms with Gasteiger partial charge in [0.1, 0.15) is 0 Å². The summed E-state index contributed by atoms with van der Waals surface area (Å²) in [7, 11) is 1.65. The van der Waals surface area contributed by atoms with Crippen LogP contribution in [0.1, 0.15) is 37.3 Å². The average Bonchev–Trinajstić information content (AvgIpc) is 3.01. The molecule has 0 spiro atoms. The van der Waals surface area contributed by atoms with E-state index in [1.54, 1.807) is 7.05 Å². The number of Topliss-reactive ketones (excluding diaryl/α,β-unsaturated/α-hetero) is 1. The average molecular weight is 468 g/mol. The summed E-state index contributed by atoms with van der Waals surface area (Å²) in [5, 5.41) is 0. The van der Waals surface area contributed by atoms with Crippen molar-refractivity contribution in [2.45, 2.75) is 26.2 Å². The normalized spacial score (nSPS) is 12.3. The molecule has 0 unspecified atom stereocenters. The van der Waals surface area contributed by atoms with E-state index >= 15 is 0 Å². The van der Waals surface area contributed by atoms with Gasteiger partial charge in [0.2, 0.25) is 5.91 Å². The first-order chi connectivity index (χ1) is 13.5. The topological polar surface area (TPSA) is 60.7 Å². The van der Waals surface area contributed by atoms with Gasteiger partial charge in [-0.05, 0) is 22.3 Å². The Balaban J connectivity index is 0.00000300. The molecule has 2 aromatic rings. The van der Waals surface area contributed by atoms with Gasteiger partial charge in [0.05, 0.1) is 6.54 Å². The number of fused-ring (bicyclic) bond motifs is 3. The molecule has 0 bridgehead atoms. The minimum Gasteiger partial charge on any atom is -0.534 e. The van der Waals surface area contributed by atoms with Gasteiger partial charge in [-0.3, -0.25) is 9.59 Å². The zero-order valence-corrected chi connectivity index (χ0v) is 20.1. The number of carbonyl (C=O) groups excluding carboxylic acids is 2. The number of carbonyl (C=O) groups is 2. The van der Waals surface area contributed by atoms with Crippen LogP contribution in [0, 0.1) is 5.92 Å². The molecule has 6 heteroatoms. The van der Waals surface area contributed by atoms with Crippen molar-refractivity contribution in [2.75, 3.05) is 26.7 Å². The van der Waals surface area contributed by atoms with E-state index in [1.807, 2.05) is 26.0 Å². The summed E-state index contributed by atoms with van der Waals surface area (Å²) in [4.78, 5) is 30.9. The molecular weight excluding hydrogens is 441 g/mol. The van der Waals surface area contributed by atoms with Crippen LogP contribution in [0.2, 0.25) is 0 Å². The van der Waals surface area contributed by atoms with Crippen LogP contribution in [0.3, 0.4) is 0 Å². The van der Waals surface area contributed by atoms with E-state index < -0.39 is 0 Å². The Morgan fingerprint density at radius 1 is 1.03 bits per heavy atom. The maximum absolute atomic E-state index is 12.1. The summed E-state index contributed by atoms with van der Waals surface area (Å²) in [6.07, 6.45) is 0.236. The van der Waals surface area contributed by atoms with Crippen molar-refractivity contribution in [3.63, 3.8) is 0 Å². The maximum Gasteiger partial charge on any atom is 0.221 e. The van der Waals surface area contributed by atoms with Crippen molar-refractivity contribution in [3.8, 4) is 11.1 Å². The molecule has 1 aliphatic rings. The number of benzene rings is 2. The smallest absolute Gasteiger partial charge is 0.221 e. The first-order valence-corrected chi connectivity index (χ1v) is 9.72. The summed E-state index contributed by atoms with van der Waals surface area (Å²) in [6, 6.07) is 16.7. The molecule has 2 aromatic carbocycles. The van der Waals surface area contributed by atoms with Crippen LogP contribution in [0.15, 0.2) is 48.5 Å². The van der Waals surface area contributed by atoms with Crippen LogP contribution < -0.4 is 0 Å². The standard InChI is InChI=1S/C23H27N2O3.Y/c1-16(2)22(26)14-25(3)23(27)12-13-24-28-15-21-19-10-6-4-8-17(19)18-9-5-7-11-20(18)21;/h4-11,16,21H,12-15H2,1-3H3;/q-1;. The Morgan fingerprint density at radius 2 is 1.59 bits per heavy atom. The number of hydroxylamine groups is 1. The zero-order chi connectivity index (χ0) is 20.1. The van der Waals surface area contributed by atoms with Gasteiger partial charge in [-0.2, -0.15) is 0 Å². The van der Waals surface area contributed by atoms with Gasteiger partial charge in [0, 0.05) is 64.6 Å². The fourth-order valence-electron chi connectivity index (χ4n) is 3.47. The quantitative estimate of drug-likeness (QED) is 0.410. The van der Waals surface area contributed by atoms with Gasteiger partial charge in [0.15, 0.2) is 5.78 Å². The Hall–Kier alpha value is -1.40. The molecule has 3 rings (SSSR count). The number of rotatable bonds is 9. The van der Waals surface area contributed by atoms with E-state index in [-0.39, 0.29) is 75.7 Å². The molecule has 1 aliphatic carbocycles. The summed E-state index contributed by atoms with van der Waals surface area (Å²) in [5.41, 5.74) is 9.09. The number of ketones is 1. The van der Waals surface area contributed by atoms with Crippen LogP contribution in [0.25, 0.3) is 16.6 Å². The van der Waals surface area contributed by atoms with Crippen molar-refractivity contribution in [2.24, 2.45) is 5.92 Å². The third-order valence-electron chi connectivity index (χ3n) is 5.17. The van der Waals surface area contributed by atoms with Crippen molar-refractivity contribution in [3.05, 3.63) is 65.1 Å². The van der Waals surface area contributed by atoms with Crippen molar-refractivity contribution in [1.29, 1.82) is 0 Å². The predicted octanol–water partition coefficient (Wildman–Crippen LogP) is 4.18. The van der Waals surface area contributed by atoms with Crippen LogP contribution in [0.4, 0.5) is 0 Å². The first-order valence-electron chi connectivity index (χ1n) is 9.72. The Kier molecular flexibility index (Phi) is 9.16. The summed E-state index contributed by atoms with van der Waals surface area (Å²) in [5.74, 6) is 0.0409. The van der Waals surface area contributed by atoms with E-state index in [0.29, 0.717) is 6.61 Å². The fraction of sp³-hybridized carbons (Fsp3) is 0.391. The molecule has 0 fully saturated rings. The number of nitrogens with zero attached hydrogens (tertiary/aromatic N) is 2. The largest absolute Gasteiger partial charge is 0.534 e. The van der Waals surface area contributed by atoms with Gasteiger partial charge in [-0.25, -0.2) is 0 Å². The molecule has 0 atom stereocenters. The van der Waals surface area contributed by atoms with E-state index in [9.17, 15) is 9.59 Å². The van der Waals surface area contributed by atoms with Crippen LogP contribution in [-0.4, -0.2) is 43.3 Å². The number of likely N-dealkylation sites (N-methyl/N-ethyl adjacent to an activating group) is 1. The summed E-state index contributed by atoms with van der Waals surface area (Å²) >= 11 is 0. The first kappa shape index (κ1) is 23.9. The minimum atomic E-state index is -0.0992. The Morgan fingerprint density at radius 3 is 2.14 bits per heavy atom. The van der Waals surface area contributed by atoms with Gasteiger partial charge in [-0.1, -0.05) is 62.4 Å². The van der Waals surface area contributed by atoms with Crippen molar-refractivity contribution >= 4 is 11.7 Å². The molecule has 1 amide bonds. The van der Waals surface area contributed by atoms with E-state index in [4.69, 9.17) is 4.84 Å². The molecule has 0 saturated heterocycles. The van der Waals surface area contributed by atoms with Crippen LogP contribution >= 0.6 is 0 Å². The summed E-state index contributed by atoms with van der Waals surface area (Å²) < 4.78 is 0. The molecular formula is C23H27N2O3Y-. The third kappa shape index (κ3) is 5.82. The van der Waals surface area contributed by atoms with Gasteiger partial charge in [-0.15, -0.1) is 6.54 Å². The summed E-state index contributed by atoms with van der Waals surface area (Å²) in [6.45, 7) is 4.55. The van der Waals surface area contributed by atoms with Gasteiger partial charge in [0.25, 0.3) is 0 Å². The van der Waals surface area contributed by atoms with Crippen molar-refractivity contribution in [1.82, 2.24) is 4.90 Å². The Labute approximate surface area is 198 Å². The SMILES string of the molecule is CC(C)C(=O)CN(C)C(=O)CC[N-]OCC1c2ccccc2-c2ccccc21.[Y]. The second kappa shape index (κ2) is 11.1. The van der Waals surface area contributed by atoms with Gasteiger partial charge >= 0.3 is 0 Å². The number of hydrogen-bond acceptors (Lipinski definition) is 3. The Bertz CT molecular complexity index is 808. The minimum absolute atomic E-state index is 0. The van der Waals surface area contributed by atoms with Crippen molar-refractivity contribution < 1.29 is 47.1 Å². The fourth-order valence-corrected chi connectivity index (χ4v) is 3.47. The molecule has 5 nitrogen and oxygen atoms in total. The monoisotopic (exact) mass is 468 g/mol. The predicted molar refractivity (Wildman–Crippen MR) is 110 cm³/mol. The van der Waals surface area contributed by atoms with E-state index in [1.165, 1.54) is 27.2 Å². The molecule has 0 saturated carbocycles. The second-order valence-corrected chi connectivity index (χ2v) is 7.50. The molecule has 29 heavy (non-hydrogen) atoms. The van der Waals surface area contributed by atoms with Gasteiger partial charge < -0.3 is 15.2 Å². The molecule has 0 N–H and O–H groups in total. The van der Waals surface area contributed by atoms with Crippen LogP contribution in [0.5, 0.6) is 0 Å². The molecule has 0 heterocycles.